The first-order valence-electron chi connectivity index (χ1n) is 8.00. The summed E-state index contributed by atoms with van der Waals surface area (Å²) in [4.78, 5) is 16.4. The highest BCUT2D eigenvalue weighted by Gasteiger charge is 2.16. The number of carboxylic acids is 1. The first-order valence-corrected chi connectivity index (χ1v) is 8.00. The van der Waals surface area contributed by atoms with Gasteiger partial charge in [0.05, 0.1) is 30.5 Å². The van der Waals surface area contributed by atoms with Gasteiger partial charge < -0.3 is 14.6 Å². The van der Waals surface area contributed by atoms with Crippen molar-refractivity contribution >= 4 is 16.9 Å². The zero-order valence-electron chi connectivity index (χ0n) is 14.4. The van der Waals surface area contributed by atoms with Gasteiger partial charge in [-0.1, -0.05) is 18.2 Å². The van der Waals surface area contributed by atoms with Gasteiger partial charge in [-0.2, -0.15) is 0 Å². The number of aromatic nitrogens is 1. The fourth-order valence-corrected chi connectivity index (χ4v) is 2.82. The SMILES string of the molecule is CCOc1cc(OC)ccc1-c1cc(C(=O)O)c2cccc(C)c2n1. The highest BCUT2D eigenvalue weighted by Crippen LogP contribution is 2.35. The van der Waals surface area contributed by atoms with Crippen molar-refractivity contribution in [3.63, 3.8) is 0 Å². The summed E-state index contributed by atoms with van der Waals surface area (Å²) in [6.07, 6.45) is 0. The quantitative estimate of drug-likeness (QED) is 0.751. The maximum absolute atomic E-state index is 11.7. The molecule has 0 bridgehead atoms. The van der Waals surface area contributed by atoms with Gasteiger partial charge in [0.25, 0.3) is 0 Å². The second kappa shape index (κ2) is 6.81. The lowest BCUT2D eigenvalue weighted by Gasteiger charge is -2.14. The van der Waals surface area contributed by atoms with Gasteiger partial charge in [0.1, 0.15) is 11.5 Å². The lowest BCUT2D eigenvalue weighted by Crippen LogP contribution is -2.02. The molecule has 0 aliphatic rings. The Kier molecular flexibility index (Phi) is 4.57. The molecule has 0 atom stereocenters. The number of hydrogen-bond acceptors (Lipinski definition) is 4. The van der Waals surface area contributed by atoms with Crippen LogP contribution in [0.15, 0.2) is 42.5 Å². The van der Waals surface area contributed by atoms with E-state index in [9.17, 15) is 9.90 Å². The number of carbonyl (C=O) groups is 1. The van der Waals surface area contributed by atoms with E-state index in [0.29, 0.717) is 34.7 Å². The molecule has 5 nitrogen and oxygen atoms in total. The van der Waals surface area contributed by atoms with E-state index in [1.807, 2.05) is 38.1 Å². The van der Waals surface area contributed by atoms with E-state index in [1.165, 1.54) is 0 Å². The Bertz CT molecular complexity index is 950. The van der Waals surface area contributed by atoms with E-state index in [4.69, 9.17) is 14.5 Å². The fourth-order valence-electron chi connectivity index (χ4n) is 2.82. The smallest absolute Gasteiger partial charge is 0.336 e. The molecule has 0 unspecified atom stereocenters. The lowest BCUT2D eigenvalue weighted by molar-refractivity contribution is 0.0699. The summed E-state index contributed by atoms with van der Waals surface area (Å²) in [5.41, 5.74) is 3.12. The number of pyridine rings is 1. The van der Waals surface area contributed by atoms with Crippen molar-refractivity contribution in [1.82, 2.24) is 4.98 Å². The standard InChI is InChI=1S/C20H19NO4/c1-4-25-18-10-13(24-3)8-9-15(18)17-11-16(20(22)23)14-7-5-6-12(2)19(14)21-17/h5-11H,4H2,1-3H3,(H,22,23). The maximum atomic E-state index is 11.7. The van der Waals surface area contributed by atoms with Crippen molar-refractivity contribution in [2.24, 2.45) is 0 Å². The van der Waals surface area contributed by atoms with E-state index in [2.05, 4.69) is 0 Å². The second-order valence-electron chi connectivity index (χ2n) is 5.63. The Morgan fingerprint density at radius 1 is 1.20 bits per heavy atom. The molecule has 3 aromatic rings. The van der Waals surface area contributed by atoms with Crippen LogP contribution in [0.2, 0.25) is 0 Å². The molecule has 1 heterocycles. The van der Waals surface area contributed by atoms with Crippen molar-refractivity contribution in [3.05, 3.63) is 53.6 Å². The zero-order chi connectivity index (χ0) is 18.0. The van der Waals surface area contributed by atoms with Crippen LogP contribution in [0.4, 0.5) is 0 Å². The molecule has 0 aliphatic heterocycles. The number of fused-ring (bicyclic) bond motifs is 1. The van der Waals surface area contributed by atoms with Crippen LogP contribution in [-0.4, -0.2) is 29.8 Å². The monoisotopic (exact) mass is 337 g/mol. The van der Waals surface area contributed by atoms with E-state index >= 15 is 0 Å². The molecule has 0 amide bonds. The summed E-state index contributed by atoms with van der Waals surface area (Å²) in [6, 6.07) is 12.5. The largest absolute Gasteiger partial charge is 0.497 e. The molecule has 0 spiro atoms. The number of para-hydroxylation sites is 1. The van der Waals surface area contributed by atoms with Gasteiger partial charge in [-0.15, -0.1) is 0 Å². The highest BCUT2D eigenvalue weighted by molar-refractivity contribution is 6.04. The lowest BCUT2D eigenvalue weighted by atomic mass is 10.0. The molecule has 1 N–H and O–H groups in total. The van der Waals surface area contributed by atoms with Crippen molar-refractivity contribution in [2.45, 2.75) is 13.8 Å². The van der Waals surface area contributed by atoms with E-state index < -0.39 is 5.97 Å². The molecular formula is C20H19NO4. The van der Waals surface area contributed by atoms with Crippen LogP contribution in [0.1, 0.15) is 22.8 Å². The van der Waals surface area contributed by atoms with Gasteiger partial charge in [-0.25, -0.2) is 9.78 Å². The highest BCUT2D eigenvalue weighted by atomic mass is 16.5. The number of carboxylic acid groups (broad SMARTS) is 1. The van der Waals surface area contributed by atoms with Crippen molar-refractivity contribution in [1.29, 1.82) is 0 Å². The number of methoxy groups -OCH3 is 1. The first kappa shape index (κ1) is 16.8. The zero-order valence-corrected chi connectivity index (χ0v) is 14.4. The van der Waals surface area contributed by atoms with Crippen LogP contribution in [0.5, 0.6) is 11.5 Å². The fraction of sp³-hybridized carbons (Fsp3) is 0.200. The third-order valence-electron chi connectivity index (χ3n) is 4.04. The van der Waals surface area contributed by atoms with Gasteiger partial charge in [0.15, 0.2) is 0 Å². The van der Waals surface area contributed by atoms with Crippen LogP contribution in [-0.2, 0) is 0 Å². The second-order valence-corrected chi connectivity index (χ2v) is 5.63. The van der Waals surface area contributed by atoms with E-state index in [-0.39, 0.29) is 5.56 Å². The Hall–Kier alpha value is -3.08. The minimum absolute atomic E-state index is 0.224. The number of hydrogen-bond donors (Lipinski definition) is 1. The van der Waals surface area contributed by atoms with Gasteiger partial charge in [-0.3, -0.25) is 0 Å². The Balaban J connectivity index is 2.29. The number of rotatable bonds is 5. The Morgan fingerprint density at radius 2 is 2.00 bits per heavy atom. The van der Waals surface area contributed by atoms with Gasteiger partial charge in [0, 0.05) is 17.0 Å². The summed E-state index contributed by atoms with van der Waals surface area (Å²) in [6.45, 7) is 4.30. The molecule has 5 heteroatoms. The molecule has 2 aromatic carbocycles. The third-order valence-corrected chi connectivity index (χ3v) is 4.04. The van der Waals surface area contributed by atoms with Crippen molar-refractivity contribution < 1.29 is 19.4 Å². The minimum atomic E-state index is -0.981. The van der Waals surface area contributed by atoms with Crippen LogP contribution in [0.3, 0.4) is 0 Å². The van der Waals surface area contributed by atoms with E-state index in [0.717, 1.165) is 11.1 Å². The van der Waals surface area contributed by atoms with Crippen LogP contribution in [0, 0.1) is 6.92 Å². The summed E-state index contributed by atoms with van der Waals surface area (Å²) in [5.74, 6) is 0.298. The molecule has 0 saturated heterocycles. The summed E-state index contributed by atoms with van der Waals surface area (Å²) >= 11 is 0. The van der Waals surface area contributed by atoms with Crippen LogP contribution < -0.4 is 9.47 Å². The molecule has 0 fully saturated rings. The first-order chi connectivity index (χ1) is 12.0. The normalized spacial score (nSPS) is 10.7. The molecule has 25 heavy (non-hydrogen) atoms. The summed E-state index contributed by atoms with van der Waals surface area (Å²) in [7, 11) is 1.59. The van der Waals surface area contributed by atoms with Gasteiger partial charge >= 0.3 is 5.97 Å². The average Bonchev–Trinajstić information content (AvgIpc) is 2.61. The Labute approximate surface area is 145 Å². The number of aromatic carboxylic acids is 1. The predicted octanol–water partition coefficient (Wildman–Crippen LogP) is 4.32. The summed E-state index contributed by atoms with van der Waals surface area (Å²) in [5, 5.41) is 10.2. The molecule has 0 aliphatic carbocycles. The van der Waals surface area contributed by atoms with Gasteiger partial charge in [-0.05, 0) is 37.6 Å². The molecule has 3 rings (SSSR count). The molecule has 128 valence electrons. The third kappa shape index (κ3) is 3.13. The maximum Gasteiger partial charge on any atom is 0.336 e. The van der Waals surface area contributed by atoms with Crippen LogP contribution in [0.25, 0.3) is 22.2 Å². The number of ether oxygens (including phenoxy) is 2. The van der Waals surface area contributed by atoms with Crippen molar-refractivity contribution in [2.75, 3.05) is 13.7 Å². The predicted molar refractivity (Wildman–Crippen MR) is 96.6 cm³/mol. The van der Waals surface area contributed by atoms with Crippen LogP contribution >= 0.6 is 0 Å². The summed E-state index contributed by atoms with van der Waals surface area (Å²) < 4.78 is 11.0. The minimum Gasteiger partial charge on any atom is -0.497 e. The topological polar surface area (TPSA) is 68.7 Å². The number of nitrogens with zero attached hydrogens (tertiary/aromatic N) is 1. The molecule has 0 saturated carbocycles. The number of benzene rings is 2. The Morgan fingerprint density at radius 3 is 2.68 bits per heavy atom. The van der Waals surface area contributed by atoms with Gasteiger partial charge in [0.2, 0.25) is 0 Å². The van der Waals surface area contributed by atoms with Crippen molar-refractivity contribution in [3.8, 4) is 22.8 Å². The molecular weight excluding hydrogens is 318 g/mol. The average molecular weight is 337 g/mol. The molecule has 1 aromatic heterocycles. The molecule has 0 radical (unpaired) electrons. The van der Waals surface area contributed by atoms with E-state index in [1.54, 1.807) is 25.3 Å². The number of aryl methyl sites for hydroxylation is 1.